The number of likely N-dealkylation sites (tertiary alicyclic amines) is 1. The normalized spacial score (nSPS) is 23.7. The number of nitrogens with two attached hydrogens (primary N) is 1. The van der Waals surface area contributed by atoms with Crippen LogP contribution >= 0.6 is 11.3 Å². The van der Waals surface area contributed by atoms with E-state index in [2.05, 4.69) is 22.4 Å². The average Bonchev–Trinajstić information content (AvgIpc) is 3.83. The third kappa shape index (κ3) is 4.92. The minimum absolute atomic E-state index is 0.0529. The van der Waals surface area contributed by atoms with Crippen molar-refractivity contribution >= 4 is 54.7 Å². The maximum Gasteiger partial charge on any atom is 0.319 e. The summed E-state index contributed by atoms with van der Waals surface area (Å²) in [6.07, 6.45) is 3.21. The summed E-state index contributed by atoms with van der Waals surface area (Å²) in [5, 5.41) is 11.8. The lowest BCUT2D eigenvalue weighted by Crippen LogP contribution is -2.44. The molecule has 0 aliphatic carbocycles. The number of nitriles is 1. The number of carbonyl (C=O) groups is 1. The second-order valence-corrected chi connectivity index (χ2v) is 13.9. The highest BCUT2D eigenvalue weighted by Gasteiger charge is 2.49. The summed E-state index contributed by atoms with van der Waals surface area (Å²) in [7, 11) is 1.90. The number of hydrogen-bond acceptors (Lipinski definition) is 9. The van der Waals surface area contributed by atoms with Crippen molar-refractivity contribution in [2.24, 2.45) is 0 Å². The SMILES string of the molecule is [C-]#[N+]c1c(N)sc2c(F)ccc(-c3ccc4c(N(C)C5CCN(C(=O)C=C)C5C)nc(OCC56CCCN5CC(F)C6)nc4c3C#N)c12. The molecule has 7 rings (SSSR count). The van der Waals surface area contributed by atoms with E-state index >= 15 is 0 Å². The molecule has 5 heterocycles. The molecule has 3 fully saturated rings. The first-order valence-electron chi connectivity index (χ1n) is 15.9. The molecule has 3 aliphatic heterocycles. The number of likely N-dealkylation sites (N-methyl/N-ethyl adjacent to an activating group) is 1. The van der Waals surface area contributed by atoms with Gasteiger partial charge in [-0.3, -0.25) is 9.69 Å². The molecular formula is C35H34F2N8O2S. The molecule has 0 radical (unpaired) electrons. The smallest absolute Gasteiger partial charge is 0.319 e. The number of halogens is 2. The van der Waals surface area contributed by atoms with Crippen molar-refractivity contribution in [1.82, 2.24) is 19.8 Å². The maximum atomic E-state index is 14.9. The standard InChI is InChI=1S/C35H34F2N8O2S/c1-5-27(46)45-14-11-26(19(45)2)43(4)33-23-8-7-21(22-9-10-25(37)31-28(22)30(40-3)32(39)48-31)24(16-38)29(23)41-34(42-33)47-18-35-12-6-13-44(35)17-20(36)15-35/h5,7-10,19-20,26H,1,6,11-15,17-18,39H2,2,4H3. The van der Waals surface area contributed by atoms with Crippen LogP contribution in [0.3, 0.4) is 0 Å². The van der Waals surface area contributed by atoms with Crippen LogP contribution in [0.5, 0.6) is 6.01 Å². The largest absolute Gasteiger partial charge is 0.461 e. The van der Waals surface area contributed by atoms with E-state index in [1.165, 1.54) is 12.1 Å². The molecule has 4 aromatic rings. The molecule has 10 nitrogen and oxygen atoms in total. The number of carbonyl (C=O) groups excluding carboxylic acids is 1. The molecule has 2 N–H and O–H groups in total. The molecule has 2 aromatic heterocycles. The van der Waals surface area contributed by atoms with Gasteiger partial charge in [0.1, 0.15) is 30.5 Å². The Morgan fingerprint density at radius 2 is 2.12 bits per heavy atom. The zero-order valence-electron chi connectivity index (χ0n) is 26.7. The quantitative estimate of drug-likeness (QED) is 0.182. The van der Waals surface area contributed by atoms with Gasteiger partial charge in [-0.25, -0.2) is 13.6 Å². The van der Waals surface area contributed by atoms with Crippen LogP contribution in [-0.2, 0) is 4.79 Å². The molecule has 246 valence electrons. The average molecular weight is 669 g/mol. The van der Waals surface area contributed by atoms with Crippen molar-refractivity contribution in [3.8, 4) is 23.2 Å². The predicted octanol–water partition coefficient (Wildman–Crippen LogP) is 6.22. The molecule has 3 aliphatic rings. The van der Waals surface area contributed by atoms with E-state index in [0.717, 1.165) is 30.7 Å². The van der Waals surface area contributed by atoms with Crippen LogP contribution in [0.25, 0.3) is 37.0 Å². The van der Waals surface area contributed by atoms with Crippen molar-refractivity contribution in [2.45, 2.75) is 56.4 Å². The number of hydrogen-bond donors (Lipinski definition) is 1. The van der Waals surface area contributed by atoms with Gasteiger partial charge in [-0.15, -0.1) is 11.3 Å². The molecule has 4 unspecified atom stereocenters. The lowest BCUT2D eigenvalue weighted by molar-refractivity contribution is -0.126. The summed E-state index contributed by atoms with van der Waals surface area (Å²) < 4.78 is 36.1. The van der Waals surface area contributed by atoms with Crippen molar-refractivity contribution in [3.63, 3.8) is 0 Å². The highest BCUT2D eigenvalue weighted by Crippen LogP contribution is 2.48. The number of rotatable bonds is 7. The third-order valence-corrected chi connectivity index (χ3v) is 11.4. The van der Waals surface area contributed by atoms with Crippen molar-refractivity contribution in [3.05, 3.63) is 59.7 Å². The van der Waals surface area contributed by atoms with Crippen LogP contribution < -0.4 is 15.4 Å². The second kappa shape index (κ2) is 12.0. The van der Waals surface area contributed by atoms with Gasteiger partial charge in [0.15, 0.2) is 0 Å². The van der Waals surface area contributed by atoms with Gasteiger partial charge >= 0.3 is 6.01 Å². The summed E-state index contributed by atoms with van der Waals surface area (Å²) in [4.78, 5) is 31.7. The Bertz CT molecular complexity index is 2070. The summed E-state index contributed by atoms with van der Waals surface area (Å²) in [5.74, 6) is -0.129. The third-order valence-electron chi connectivity index (χ3n) is 10.4. The van der Waals surface area contributed by atoms with Gasteiger partial charge in [-0.2, -0.15) is 15.2 Å². The number of amides is 1. The van der Waals surface area contributed by atoms with Crippen LogP contribution in [0.1, 0.15) is 38.2 Å². The van der Waals surface area contributed by atoms with Gasteiger partial charge in [0, 0.05) is 48.9 Å². The Balaban J connectivity index is 1.38. The lowest BCUT2D eigenvalue weighted by Gasteiger charge is -2.33. The van der Waals surface area contributed by atoms with E-state index < -0.39 is 17.5 Å². The molecule has 0 spiro atoms. The Morgan fingerprint density at radius 3 is 2.88 bits per heavy atom. The fourth-order valence-corrected chi connectivity index (χ4v) is 8.95. The molecule has 3 saturated heterocycles. The van der Waals surface area contributed by atoms with Gasteiger partial charge in [-0.1, -0.05) is 18.7 Å². The number of ether oxygens (including phenoxy) is 1. The van der Waals surface area contributed by atoms with Crippen LogP contribution in [0, 0.1) is 23.7 Å². The van der Waals surface area contributed by atoms with Gasteiger partial charge < -0.3 is 20.3 Å². The Hall–Kier alpha value is -4.85. The molecule has 0 saturated carbocycles. The number of anilines is 2. The minimum atomic E-state index is -0.926. The summed E-state index contributed by atoms with van der Waals surface area (Å²) in [6.45, 7) is 15.3. The second-order valence-electron chi connectivity index (χ2n) is 12.9. The highest BCUT2D eigenvalue weighted by atomic mass is 32.1. The number of aromatic nitrogens is 2. The summed E-state index contributed by atoms with van der Waals surface area (Å²) in [5.41, 5.74) is 7.30. The molecule has 1 amide bonds. The molecule has 13 heteroatoms. The predicted molar refractivity (Wildman–Crippen MR) is 182 cm³/mol. The minimum Gasteiger partial charge on any atom is -0.461 e. The number of fused-ring (bicyclic) bond motifs is 3. The number of thiophene rings is 1. The fourth-order valence-electron chi connectivity index (χ4n) is 8.01. The summed E-state index contributed by atoms with van der Waals surface area (Å²) in [6, 6.07) is 8.55. The number of nitrogen functional groups attached to an aromatic ring is 1. The Labute approximate surface area is 280 Å². The first-order chi connectivity index (χ1) is 23.1. The van der Waals surface area contributed by atoms with Crippen LogP contribution in [0.15, 0.2) is 36.9 Å². The Kier molecular flexibility index (Phi) is 7.93. The molecule has 4 atom stereocenters. The molecule has 0 bridgehead atoms. The van der Waals surface area contributed by atoms with Crippen LogP contribution in [0.4, 0.5) is 25.3 Å². The number of alkyl halides is 1. The fraction of sp³-hybridized carbons (Fsp3) is 0.400. The van der Waals surface area contributed by atoms with Crippen LogP contribution in [-0.4, -0.2) is 82.8 Å². The first-order valence-corrected chi connectivity index (χ1v) is 16.7. The molecule has 2 aromatic carbocycles. The van der Waals surface area contributed by atoms with Gasteiger partial charge in [0.05, 0.1) is 38.9 Å². The van der Waals surface area contributed by atoms with E-state index in [-0.39, 0.29) is 51.6 Å². The highest BCUT2D eigenvalue weighted by molar-refractivity contribution is 7.23. The van der Waals surface area contributed by atoms with Crippen molar-refractivity contribution in [2.75, 3.05) is 43.9 Å². The topological polar surface area (TPSA) is 116 Å². The monoisotopic (exact) mass is 668 g/mol. The molecular weight excluding hydrogens is 635 g/mol. The zero-order chi connectivity index (χ0) is 33.9. The van der Waals surface area contributed by atoms with Crippen molar-refractivity contribution < 1.29 is 18.3 Å². The summed E-state index contributed by atoms with van der Waals surface area (Å²) >= 11 is 0.997. The molecule has 48 heavy (non-hydrogen) atoms. The van der Waals surface area contributed by atoms with E-state index in [0.29, 0.717) is 59.2 Å². The van der Waals surface area contributed by atoms with E-state index in [1.807, 2.05) is 24.9 Å². The van der Waals surface area contributed by atoms with Gasteiger partial charge in [-0.05, 0) is 56.5 Å². The van der Waals surface area contributed by atoms with E-state index in [9.17, 15) is 18.8 Å². The zero-order valence-corrected chi connectivity index (χ0v) is 27.5. The van der Waals surface area contributed by atoms with Crippen molar-refractivity contribution in [1.29, 1.82) is 5.26 Å². The first kappa shape index (κ1) is 31.7. The van der Waals surface area contributed by atoms with E-state index in [4.69, 9.17) is 27.0 Å². The maximum absolute atomic E-state index is 14.9. The lowest BCUT2D eigenvalue weighted by atomic mass is 9.94. The van der Waals surface area contributed by atoms with E-state index in [1.54, 1.807) is 17.0 Å². The number of benzene rings is 2. The Morgan fingerprint density at radius 1 is 1.33 bits per heavy atom. The van der Waals surface area contributed by atoms with Gasteiger partial charge in [0.25, 0.3) is 0 Å². The number of nitrogens with zero attached hydrogens (tertiary/aromatic N) is 7. The van der Waals surface area contributed by atoms with Crippen LogP contribution in [0.2, 0.25) is 0 Å². The van der Waals surface area contributed by atoms with Gasteiger partial charge in [0.2, 0.25) is 11.6 Å².